The van der Waals surface area contributed by atoms with Gasteiger partial charge in [-0.2, -0.15) is 18.4 Å². The molecule has 2 aromatic carbocycles. The molecule has 0 aliphatic carbocycles. The van der Waals surface area contributed by atoms with E-state index in [9.17, 15) is 18.0 Å². The number of fused-ring (bicyclic) bond motifs is 1. The number of carbonyl (C=O) groups excluding carboxylic acids is 1. The van der Waals surface area contributed by atoms with Gasteiger partial charge in [0.1, 0.15) is 0 Å². The molecule has 0 radical (unpaired) electrons. The Balaban J connectivity index is 1.71. The lowest BCUT2D eigenvalue weighted by Crippen LogP contribution is -2.30. The minimum absolute atomic E-state index is 0.0246. The zero-order valence-electron chi connectivity index (χ0n) is 13.2. The van der Waals surface area contributed by atoms with Gasteiger partial charge in [0.15, 0.2) is 5.82 Å². The van der Waals surface area contributed by atoms with E-state index >= 15 is 0 Å². The largest absolute Gasteiger partial charge is 0.416 e. The number of rotatable bonds is 2. The van der Waals surface area contributed by atoms with Gasteiger partial charge >= 0.3 is 6.18 Å². The summed E-state index contributed by atoms with van der Waals surface area (Å²) in [5, 5.41) is 13.9. The van der Waals surface area contributed by atoms with E-state index in [0.717, 1.165) is 17.7 Å². The van der Waals surface area contributed by atoms with Crippen molar-refractivity contribution < 1.29 is 18.0 Å². The Labute approximate surface area is 145 Å². The molecule has 1 atom stereocenters. The number of aromatic amines is 1. The van der Waals surface area contributed by atoms with E-state index in [1.807, 2.05) is 12.1 Å². The normalized spacial score (nSPS) is 16.6. The zero-order valence-corrected chi connectivity index (χ0v) is 13.2. The SMILES string of the molecule is O=C(c1cccc(C(F)(F)F)c1)N1C[C@@H](c2nn[nH]n2)c2ccccc21. The summed E-state index contributed by atoms with van der Waals surface area (Å²) in [6.07, 6.45) is -4.51. The fourth-order valence-corrected chi connectivity index (χ4v) is 3.12. The van der Waals surface area contributed by atoms with Gasteiger partial charge in [0.2, 0.25) is 0 Å². The Morgan fingerprint density at radius 2 is 1.96 bits per heavy atom. The minimum atomic E-state index is -4.51. The average Bonchev–Trinajstić information content (AvgIpc) is 3.28. The highest BCUT2D eigenvalue weighted by molar-refractivity contribution is 6.07. The number of benzene rings is 2. The van der Waals surface area contributed by atoms with Crippen LogP contribution in [0.15, 0.2) is 48.5 Å². The van der Waals surface area contributed by atoms with Crippen molar-refractivity contribution in [1.29, 1.82) is 0 Å². The summed E-state index contributed by atoms with van der Waals surface area (Å²) < 4.78 is 38.8. The maximum atomic E-state index is 12.9. The van der Waals surface area contributed by atoms with Crippen LogP contribution in [0.4, 0.5) is 18.9 Å². The van der Waals surface area contributed by atoms with Gasteiger partial charge in [-0.05, 0) is 29.8 Å². The lowest BCUT2D eigenvalue weighted by Gasteiger charge is -2.18. The number of hydrogen-bond donors (Lipinski definition) is 1. The maximum Gasteiger partial charge on any atom is 0.416 e. The molecule has 0 saturated heterocycles. The number of nitrogens with zero attached hydrogens (tertiary/aromatic N) is 4. The lowest BCUT2D eigenvalue weighted by molar-refractivity contribution is -0.137. The molecule has 1 aliphatic rings. The summed E-state index contributed by atoms with van der Waals surface area (Å²) in [5.74, 6) is -0.369. The third-order valence-electron chi connectivity index (χ3n) is 4.32. The summed E-state index contributed by atoms with van der Waals surface area (Å²) in [7, 11) is 0. The van der Waals surface area contributed by atoms with Crippen LogP contribution in [0.5, 0.6) is 0 Å². The van der Waals surface area contributed by atoms with E-state index in [1.54, 1.807) is 12.1 Å². The quantitative estimate of drug-likeness (QED) is 0.763. The van der Waals surface area contributed by atoms with Crippen LogP contribution in [0.3, 0.4) is 0 Å². The van der Waals surface area contributed by atoms with Crippen LogP contribution in [-0.2, 0) is 6.18 Å². The molecule has 132 valence electrons. The number of halogens is 3. The first-order valence-electron chi connectivity index (χ1n) is 7.76. The highest BCUT2D eigenvalue weighted by Gasteiger charge is 2.36. The van der Waals surface area contributed by atoms with Crippen LogP contribution >= 0.6 is 0 Å². The van der Waals surface area contributed by atoms with E-state index < -0.39 is 17.6 Å². The molecule has 0 fully saturated rings. The Morgan fingerprint density at radius 3 is 2.69 bits per heavy atom. The van der Waals surface area contributed by atoms with Gasteiger partial charge in [0, 0.05) is 17.8 Å². The molecule has 1 N–H and O–H groups in total. The monoisotopic (exact) mass is 359 g/mol. The number of tetrazole rings is 1. The fraction of sp³-hybridized carbons (Fsp3) is 0.176. The molecule has 1 aliphatic heterocycles. The third kappa shape index (κ3) is 2.71. The van der Waals surface area contributed by atoms with Crippen LogP contribution in [0.2, 0.25) is 0 Å². The van der Waals surface area contributed by atoms with Crippen molar-refractivity contribution in [3.63, 3.8) is 0 Å². The first-order valence-corrected chi connectivity index (χ1v) is 7.76. The van der Waals surface area contributed by atoms with Crippen LogP contribution in [0.1, 0.15) is 33.2 Å². The van der Waals surface area contributed by atoms with Crippen LogP contribution in [-0.4, -0.2) is 33.1 Å². The predicted octanol–water partition coefficient (Wildman–Crippen LogP) is 3.01. The Bertz CT molecular complexity index is 955. The Hall–Kier alpha value is -3.23. The molecule has 26 heavy (non-hydrogen) atoms. The highest BCUT2D eigenvalue weighted by atomic mass is 19.4. The molecule has 0 spiro atoms. The fourth-order valence-electron chi connectivity index (χ4n) is 3.12. The molecule has 1 aromatic heterocycles. The second-order valence-corrected chi connectivity index (χ2v) is 5.88. The molecule has 1 amide bonds. The Kier molecular flexibility index (Phi) is 3.71. The summed E-state index contributed by atoms with van der Waals surface area (Å²) >= 11 is 0. The molecule has 3 aromatic rings. The number of alkyl halides is 3. The molecular formula is C17H12F3N5O. The molecule has 4 rings (SSSR count). The van der Waals surface area contributed by atoms with Gasteiger partial charge in [-0.15, -0.1) is 10.2 Å². The number of nitrogens with one attached hydrogen (secondary N) is 1. The van der Waals surface area contributed by atoms with Gasteiger partial charge in [-0.1, -0.05) is 29.5 Å². The number of H-pyrrole nitrogens is 1. The smallest absolute Gasteiger partial charge is 0.307 e. The number of para-hydroxylation sites is 1. The predicted molar refractivity (Wildman–Crippen MR) is 85.6 cm³/mol. The van der Waals surface area contributed by atoms with E-state index in [1.165, 1.54) is 17.0 Å². The first kappa shape index (κ1) is 16.2. The minimum Gasteiger partial charge on any atom is -0.307 e. The second-order valence-electron chi connectivity index (χ2n) is 5.88. The van der Waals surface area contributed by atoms with Crippen molar-refractivity contribution in [2.24, 2.45) is 0 Å². The van der Waals surface area contributed by atoms with Gasteiger partial charge in [-0.3, -0.25) is 4.79 Å². The number of aromatic nitrogens is 4. The number of anilines is 1. The molecule has 0 unspecified atom stereocenters. The second kappa shape index (κ2) is 5.94. The highest BCUT2D eigenvalue weighted by Crippen LogP contribution is 2.39. The van der Waals surface area contributed by atoms with Crippen molar-refractivity contribution in [1.82, 2.24) is 20.6 Å². The number of hydrogen-bond acceptors (Lipinski definition) is 4. The van der Waals surface area contributed by atoms with E-state index in [0.29, 0.717) is 11.5 Å². The molecule has 9 heteroatoms. The standard InChI is InChI=1S/C17H12F3N5O/c18-17(19,20)11-5-3-4-10(8-11)16(26)25-9-13(15-21-23-24-22-15)12-6-1-2-7-14(12)25/h1-8,13H,9H2,(H,21,22,23,24)/t13-/m1/s1. The molecule has 6 nitrogen and oxygen atoms in total. The number of amides is 1. The molecule has 0 saturated carbocycles. The molecule has 2 heterocycles. The van der Waals surface area contributed by atoms with Gasteiger partial charge in [0.05, 0.1) is 11.5 Å². The maximum absolute atomic E-state index is 12.9. The van der Waals surface area contributed by atoms with Gasteiger partial charge in [-0.25, -0.2) is 0 Å². The van der Waals surface area contributed by atoms with Crippen molar-refractivity contribution in [3.05, 3.63) is 71.0 Å². The third-order valence-corrected chi connectivity index (χ3v) is 4.32. The van der Waals surface area contributed by atoms with E-state index in [4.69, 9.17) is 0 Å². The summed E-state index contributed by atoms with van der Waals surface area (Å²) in [6, 6.07) is 11.6. The van der Waals surface area contributed by atoms with Gasteiger partial charge < -0.3 is 4.90 Å². The van der Waals surface area contributed by atoms with Crippen molar-refractivity contribution >= 4 is 11.6 Å². The van der Waals surface area contributed by atoms with Crippen molar-refractivity contribution in [3.8, 4) is 0 Å². The lowest BCUT2D eigenvalue weighted by atomic mass is 10.0. The number of carbonyl (C=O) groups is 1. The topological polar surface area (TPSA) is 74.8 Å². The van der Waals surface area contributed by atoms with Crippen LogP contribution in [0, 0.1) is 0 Å². The molecular weight excluding hydrogens is 347 g/mol. The average molecular weight is 359 g/mol. The first-order chi connectivity index (χ1) is 12.4. The molecule has 0 bridgehead atoms. The van der Waals surface area contributed by atoms with E-state index in [-0.39, 0.29) is 18.0 Å². The summed E-state index contributed by atoms with van der Waals surface area (Å²) in [4.78, 5) is 14.3. The van der Waals surface area contributed by atoms with Crippen LogP contribution in [0.25, 0.3) is 0 Å². The van der Waals surface area contributed by atoms with Crippen molar-refractivity contribution in [2.45, 2.75) is 12.1 Å². The summed E-state index contributed by atoms with van der Waals surface area (Å²) in [6.45, 7) is 0.230. The van der Waals surface area contributed by atoms with Crippen LogP contribution < -0.4 is 4.90 Å². The van der Waals surface area contributed by atoms with Gasteiger partial charge in [0.25, 0.3) is 5.91 Å². The van der Waals surface area contributed by atoms with E-state index in [2.05, 4.69) is 20.6 Å². The zero-order chi connectivity index (χ0) is 18.3. The Morgan fingerprint density at radius 1 is 1.15 bits per heavy atom. The summed E-state index contributed by atoms with van der Waals surface area (Å²) in [5.41, 5.74) is 0.577. The van der Waals surface area contributed by atoms with Crippen molar-refractivity contribution in [2.75, 3.05) is 11.4 Å².